The molecule has 3 aromatic rings. The number of thiazole rings is 1. The number of amides is 1. The summed E-state index contributed by atoms with van der Waals surface area (Å²) in [6.45, 7) is 4.28. The molecule has 5 heteroatoms. The van der Waals surface area contributed by atoms with Crippen LogP contribution in [0.4, 0.5) is 0 Å². The van der Waals surface area contributed by atoms with Gasteiger partial charge in [0.1, 0.15) is 0 Å². The Balaban J connectivity index is 1.63. The van der Waals surface area contributed by atoms with Crippen molar-refractivity contribution in [1.29, 1.82) is 0 Å². The summed E-state index contributed by atoms with van der Waals surface area (Å²) in [5.41, 5.74) is 1.98. The molecule has 0 aliphatic carbocycles. The summed E-state index contributed by atoms with van der Waals surface area (Å²) in [6, 6.07) is 14.3. The SMILES string of the molecule is Cc1csc(=O)n1CCC(=O)NC(C)c1ccc2ccccc2c1. The van der Waals surface area contributed by atoms with Crippen molar-refractivity contribution in [1.82, 2.24) is 9.88 Å². The number of rotatable bonds is 5. The van der Waals surface area contributed by atoms with Crippen LogP contribution in [0.5, 0.6) is 0 Å². The number of benzene rings is 2. The molecule has 124 valence electrons. The molecule has 1 aromatic heterocycles. The summed E-state index contributed by atoms with van der Waals surface area (Å²) >= 11 is 1.17. The maximum Gasteiger partial charge on any atom is 0.307 e. The van der Waals surface area contributed by atoms with Crippen molar-refractivity contribution >= 4 is 28.0 Å². The molecule has 1 heterocycles. The van der Waals surface area contributed by atoms with Gasteiger partial charge in [0.05, 0.1) is 6.04 Å². The number of nitrogens with zero attached hydrogens (tertiary/aromatic N) is 1. The molecular formula is C19H20N2O2S. The number of fused-ring (bicyclic) bond motifs is 1. The van der Waals surface area contributed by atoms with E-state index in [-0.39, 0.29) is 16.8 Å². The molecule has 0 aliphatic rings. The first-order valence-corrected chi connectivity index (χ1v) is 8.85. The van der Waals surface area contributed by atoms with Gasteiger partial charge in [0.2, 0.25) is 5.91 Å². The third kappa shape index (κ3) is 3.57. The van der Waals surface area contributed by atoms with Crippen molar-refractivity contribution in [3.05, 3.63) is 68.8 Å². The van der Waals surface area contributed by atoms with Gasteiger partial charge in [0, 0.05) is 24.0 Å². The number of aromatic nitrogens is 1. The number of carbonyl (C=O) groups is 1. The number of nitrogens with one attached hydrogen (secondary N) is 1. The quantitative estimate of drug-likeness (QED) is 0.771. The Hall–Kier alpha value is -2.40. The molecule has 1 atom stereocenters. The van der Waals surface area contributed by atoms with Crippen LogP contribution in [0.15, 0.2) is 52.6 Å². The molecule has 3 rings (SSSR count). The lowest BCUT2D eigenvalue weighted by Crippen LogP contribution is -2.28. The molecule has 1 amide bonds. The molecule has 0 fully saturated rings. The second-order valence-corrected chi connectivity index (χ2v) is 6.76. The van der Waals surface area contributed by atoms with E-state index in [1.165, 1.54) is 16.7 Å². The minimum absolute atomic E-state index is 0.0112. The highest BCUT2D eigenvalue weighted by atomic mass is 32.1. The van der Waals surface area contributed by atoms with Gasteiger partial charge < -0.3 is 9.88 Å². The van der Waals surface area contributed by atoms with Gasteiger partial charge in [-0.1, -0.05) is 47.7 Å². The van der Waals surface area contributed by atoms with Crippen LogP contribution in [-0.2, 0) is 11.3 Å². The fourth-order valence-corrected chi connectivity index (χ4v) is 3.52. The van der Waals surface area contributed by atoms with E-state index in [2.05, 4.69) is 29.6 Å². The van der Waals surface area contributed by atoms with Crippen molar-refractivity contribution in [2.45, 2.75) is 32.9 Å². The Kier molecular flexibility index (Phi) is 4.81. The molecule has 2 aromatic carbocycles. The lowest BCUT2D eigenvalue weighted by atomic mass is 10.0. The van der Waals surface area contributed by atoms with Crippen molar-refractivity contribution in [2.24, 2.45) is 0 Å². The van der Waals surface area contributed by atoms with E-state index in [9.17, 15) is 9.59 Å². The monoisotopic (exact) mass is 340 g/mol. The molecule has 1 unspecified atom stereocenters. The van der Waals surface area contributed by atoms with E-state index >= 15 is 0 Å². The zero-order valence-corrected chi connectivity index (χ0v) is 14.6. The van der Waals surface area contributed by atoms with Crippen LogP contribution >= 0.6 is 11.3 Å². The van der Waals surface area contributed by atoms with E-state index < -0.39 is 0 Å². The molecular weight excluding hydrogens is 320 g/mol. The van der Waals surface area contributed by atoms with Crippen LogP contribution in [0.1, 0.15) is 30.6 Å². The summed E-state index contributed by atoms with van der Waals surface area (Å²) in [5.74, 6) is -0.0480. The van der Waals surface area contributed by atoms with Gasteiger partial charge in [-0.2, -0.15) is 0 Å². The van der Waals surface area contributed by atoms with Gasteiger partial charge in [-0.3, -0.25) is 9.59 Å². The Morgan fingerprint density at radius 3 is 2.67 bits per heavy atom. The smallest absolute Gasteiger partial charge is 0.307 e. The van der Waals surface area contributed by atoms with Crippen LogP contribution in [-0.4, -0.2) is 10.5 Å². The molecule has 1 N–H and O–H groups in total. The zero-order chi connectivity index (χ0) is 17.1. The van der Waals surface area contributed by atoms with Crippen molar-refractivity contribution in [3.8, 4) is 0 Å². The van der Waals surface area contributed by atoms with Gasteiger partial charge in [0.25, 0.3) is 0 Å². The third-order valence-electron chi connectivity index (χ3n) is 4.19. The van der Waals surface area contributed by atoms with Crippen LogP contribution in [0, 0.1) is 6.92 Å². The van der Waals surface area contributed by atoms with Crippen LogP contribution in [0.25, 0.3) is 10.8 Å². The summed E-state index contributed by atoms with van der Waals surface area (Å²) < 4.78 is 1.64. The van der Waals surface area contributed by atoms with E-state index in [0.29, 0.717) is 13.0 Å². The predicted octanol–water partition coefficient (Wildman–Crippen LogP) is 3.64. The second kappa shape index (κ2) is 7.01. The number of hydrogen-bond acceptors (Lipinski definition) is 3. The fourth-order valence-electron chi connectivity index (χ4n) is 2.76. The molecule has 0 spiro atoms. The molecule has 24 heavy (non-hydrogen) atoms. The third-order valence-corrected chi connectivity index (χ3v) is 5.07. The van der Waals surface area contributed by atoms with Gasteiger partial charge >= 0.3 is 4.87 Å². The minimum Gasteiger partial charge on any atom is -0.350 e. The zero-order valence-electron chi connectivity index (χ0n) is 13.8. The van der Waals surface area contributed by atoms with Crippen molar-refractivity contribution in [2.75, 3.05) is 0 Å². The Morgan fingerprint density at radius 1 is 1.21 bits per heavy atom. The predicted molar refractivity (Wildman–Crippen MR) is 98.4 cm³/mol. The largest absolute Gasteiger partial charge is 0.350 e. The first-order valence-electron chi connectivity index (χ1n) is 7.97. The summed E-state index contributed by atoms with van der Waals surface area (Å²) in [7, 11) is 0. The summed E-state index contributed by atoms with van der Waals surface area (Å²) in [5, 5.41) is 7.18. The Bertz CT molecular complexity index is 926. The lowest BCUT2D eigenvalue weighted by molar-refractivity contribution is -0.121. The summed E-state index contributed by atoms with van der Waals surface area (Å²) in [6.07, 6.45) is 0.301. The van der Waals surface area contributed by atoms with E-state index in [0.717, 1.165) is 16.6 Å². The minimum atomic E-state index is -0.0672. The number of aryl methyl sites for hydroxylation is 1. The fraction of sp³-hybridized carbons (Fsp3) is 0.263. The molecule has 0 radical (unpaired) electrons. The maximum atomic E-state index is 12.2. The number of hydrogen-bond donors (Lipinski definition) is 1. The van der Waals surface area contributed by atoms with Gasteiger partial charge in [0.15, 0.2) is 0 Å². The van der Waals surface area contributed by atoms with Gasteiger partial charge in [-0.25, -0.2) is 0 Å². The average Bonchev–Trinajstić information content (AvgIpc) is 2.90. The highest BCUT2D eigenvalue weighted by molar-refractivity contribution is 7.07. The first-order chi connectivity index (χ1) is 11.5. The molecule has 0 saturated carbocycles. The average molecular weight is 340 g/mol. The van der Waals surface area contributed by atoms with E-state index in [1.54, 1.807) is 4.57 Å². The maximum absolute atomic E-state index is 12.2. The molecule has 0 aliphatic heterocycles. The first kappa shape index (κ1) is 16.5. The van der Waals surface area contributed by atoms with E-state index in [1.807, 2.05) is 37.4 Å². The van der Waals surface area contributed by atoms with Gasteiger partial charge in [-0.15, -0.1) is 0 Å². The Morgan fingerprint density at radius 2 is 1.96 bits per heavy atom. The standard InChI is InChI=1S/C19H20N2O2S/c1-13-12-24-19(23)21(13)10-9-18(22)20-14(2)16-8-7-15-5-3-4-6-17(15)11-16/h3-8,11-12,14H,9-10H2,1-2H3,(H,20,22). The summed E-state index contributed by atoms with van der Waals surface area (Å²) in [4.78, 5) is 23.8. The Labute approximate surface area is 144 Å². The highest BCUT2D eigenvalue weighted by Crippen LogP contribution is 2.20. The van der Waals surface area contributed by atoms with E-state index in [4.69, 9.17) is 0 Å². The van der Waals surface area contributed by atoms with Gasteiger partial charge in [-0.05, 0) is 36.2 Å². The molecule has 0 saturated heterocycles. The van der Waals surface area contributed by atoms with Crippen LogP contribution < -0.4 is 10.2 Å². The topological polar surface area (TPSA) is 51.1 Å². The van der Waals surface area contributed by atoms with Crippen molar-refractivity contribution in [3.63, 3.8) is 0 Å². The van der Waals surface area contributed by atoms with Crippen LogP contribution in [0.2, 0.25) is 0 Å². The second-order valence-electron chi connectivity index (χ2n) is 5.94. The molecule has 4 nitrogen and oxygen atoms in total. The molecule has 0 bridgehead atoms. The normalized spacial score (nSPS) is 12.2. The number of carbonyl (C=O) groups excluding carboxylic acids is 1. The lowest BCUT2D eigenvalue weighted by Gasteiger charge is -2.15. The van der Waals surface area contributed by atoms with Crippen LogP contribution in [0.3, 0.4) is 0 Å². The highest BCUT2D eigenvalue weighted by Gasteiger charge is 2.11. The van der Waals surface area contributed by atoms with Crippen molar-refractivity contribution < 1.29 is 4.79 Å².